The predicted octanol–water partition coefficient (Wildman–Crippen LogP) is 3.51. The molecule has 3 heterocycles. The maximum absolute atomic E-state index is 9.33. The fourth-order valence-corrected chi connectivity index (χ4v) is 2.84. The van der Waals surface area contributed by atoms with Crippen LogP contribution in [0.1, 0.15) is 31.3 Å². The van der Waals surface area contributed by atoms with Gasteiger partial charge in [-0.1, -0.05) is 18.1 Å². The van der Waals surface area contributed by atoms with E-state index in [-0.39, 0.29) is 11.5 Å². The van der Waals surface area contributed by atoms with E-state index in [2.05, 4.69) is 26.8 Å². The van der Waals surface area contributed by atoms with E-state index >= 15 is 0 Å². The summed E-state index contributed by atoms with van der Waals surface area (Å²) in [5.41, 5.74) is 9.55. The lowest BCUT2D eigenvalue weighted by Crippen LogP contribution is -2.13. The molecule has 1 aromatic carbocycles. The van der Waals surface area contributed by atoms with E-state index < -0.39 is 6.10 Å². The maximum atomic E-state index is 9.33. The zero-order chi connectivity index (χ0) is 19.0. The number of anilines is 1. The first-order chi connectivity index (χ1) is 13.1. The summed E-state index contributed by atoms with van der Waals surface area (Å²) >= 11 is 0. The monoisotopic (exact) mass is 353 g/mol. The summed E-state index contributed by atoms with van der Waals surface area (Å²) in [4.78, 5) is 13.2. The molecule has 0 fully saturated rings. The van der Waals surface area contributed by atoms with Crippen molar-refractivity contribution in [1.82, 2.24) is 15.0 Å². The van der Waals surface area contributed by atoms with Crippen molar-refractivity contribution in [2.75, 3.05) is 5.73 Å². The molecule has 0 amide bonds. The molecule has 130 valence electrons. The number of pyridine rings is 1. The highest BCUT2D eigenvalue weighted by Gasteiger charge is 2.24. The molecule has 0 radical (unpaired) electrons. The van der Waals surface area contributed by atoms with Crippen LogP contribution in [0.15, 0.2) is 47.9 Å². The standard InChI is InChI=1S/C21H15N5O/c1-12-5-8-18(27-13(12)2)20-19(25-17(11-22)21(23)26-20)15-6-7-16-14(10-15)4-3-9-24-16/h3-4,6-7,9-10,18H,1-2H3,(H2,23,26). The van der Waals surface area contributed by atoms with Crippen molar-refractivity contribution in [3.8, 4) is 29.2 Å². The molecule has 6 nitrogen and oxygen atoms in total. The van der Waals surface area contributed by atoms with Crippen molar-refractivity contribution in [3.63, 3.8) is 0 Å². The van der Waals surface area contributed by atoms with Crippen LogP contribution in [0.5, 0.6) is 0 Å². The molecule has 0 aliphatic carbocycles. The minimum atomic E-state index is -0.601. The molecule has 2 aromatic heterocycles. The van der Waals surface area contributed by atoms with E-state index in [9.17, 15) is 5.26 Å². The molecular formula is C21H15N5O. The Morgan fingerprint density at radius 2 is 2.07 bits per heavy atom. The number of benzene rings is 1. The average molecular weight is 353 g/mol. The Balaban J connectivity index is 1.91. The summed E-state index contributed by atoms with van der Waals surface area (Å²) in [6.45, 7) is 3.76. The minimum Gasteiger partial charge on any atom is -0.475 e. The lowest BCUT2D eigenvalue weighted by atomic mass is 10.0. The molecular weight excluding hydrogens is 338 g/mol. The van der Waals surface area contributed by atoms with Crippen molar-refractivity contribution in [2.45, 2.75) is 20.0 Å². The number of nitrogens with zero attached hydrogens (tertiary/aromatic N) is 4. The van der Waals surface area contributed by atoms with Crippen molar-refractivity contribution in [3.05, 3.63) is 59.2 Å². The van der Waals surface area contributed by atoms with Gasteiger partial charge in [-0.3, -0.25) is 4.98 Å². The number of nitrogens with two attached hydrogens (primary N) is 1. The fraction of sp³-hybridized carbons (Fsp3) is 0.143. The summed E-state index contributed by atoms with van der Waals surface area (Å²) in [5, 5.41) is 10.3. The molecule has 6 heteroatoms. The van der Waals surface area contributed by atoms with E-state index in [4.69, 9.17) is 10.5 Å². The molecule has 0 saturated carbocycles. The first-order valence-electron chi connectivity index (χ1n) is 8.35. The van der Waals surface area contributed by atoms with Crippen LogP contribution >= 0.6 is 0 Å². The molecule has 1 unspecified atom stereocenters. The van der Waals surface area contributed by atoms with Crippen molar-refractivity contribution >= 4 is 16.7 Å². The third kappa shape index (κ3) is 2.94. The van der Waals surface area contributed by atoms with Crippen LogP contribution < -0.4 is 5.73 Å². The minimum absolute atomic E-state index is 0.0630. The molecule has 2 N–H and O–H groups in total. The van der Waals surface area contributed by atoms with E-state index in [0.29, 0.717) is 11.4 Å². The van der Waals surface area contributed by atoms with Crippen LogP contribution in [-0.2, 0) is 4.74 Å². The molecule has 3 aromatic rings. The van der Waals surface area contributed by atoms with Crippen LogP contribution in [0.25, 0.3) is 22.2 Å². The first-order valence-corrected chi connectivity index (χ1v) is 8.35. The van der Waals surface area contributed by atoms with Gasteiger partial charge in [0, 0.05) is 22.7 Å². The molecule has 4 rings (SSSR count). The smallest absolute Gasteiger partial charge is 0.203 e. The van der Waals surface area contributed by atoms with Crippen molar-refractivity contribution in [2.24, 2.45) is 0 Å². The first kappa shape index (κ1) is 16.6. The summed E-state index contributed by atoms with van der Waals surface area (Å²) in [5.74, 6) is 6.90. The highest BCUT2D eigenvalue weighted by atomic mass is 16.5. The Morgan fingerprint density at radius 1 is 1.22 bits per heavy atom. The van der Waals surface area contributed by atoms with E-state index in [1.165, 1.54) is 0 Å². The van der Waals surface area contributed by atoms with Crippen LogP contribution in [0, 0.1) is 23.2 Å². The van der Waals surface area contributed by atoms with Crippen LogP contribution in [-0.4, -0.2) is 15.0 Å². The summed E-state index contributed by atoms with van der Waals surface area (Å²) in [6.07, 6.45) is 1.14. The Kier molecular flexibility index (Phi) is 3.95. The fourth-order valence-electron chi connectivity index (χ4n) is 2.84. The quantitative estimate of drug-likeness (QED) is 0.708. The number of nitrogen functional groups attached to an aromatic ring is 1. The third-order valence-corrected chi connectivity index (χ3v) is 4.39. The maximum Gasteiger partial charge on any atom is 0.203 e. The number of hydrogen-bond donors (Lipinski definition) is 1. The van der Waals surface area contributed by atoms with Gasteiger partial charge >= 0.3 is 0 Å². The van der Waals surface area contributed by atoms with Gasteiger partial charge in [0.05, 0.1) is 11.2 Å². The highest BCUT2D eigenvalue weighted by molar-refractivity contribution is 5.84. The van der Waals surface area contributed by atoms with Gasteiger partial charge in [-0.15, -0.1) is 0 Å². The number of ether oxygens (including phenoxy) is 1. The second kappa shape index (κ2) is 6.44. The number of nitriles is 1. The van der Waals surface area contributed by atoms with Crippen LogP contribution in [0.2, 0.25) is 0 Å². The Labute approximate surface area is 156 Å². The number of allylic oxidation sites excluding steroid dienone is 2. The molecule has 27 heavy (non-hydrogen) atoms. The Morgan fingerprint density at radius 3 is 2.85 bits per heavy atom. The zero-order valence-corrected chi connectivity index (χ0v) is 14.8. The van der Waals surface area contributed by atoms with Gasteiger partial charge in [-0.25, -0.2) is 9.97 Å². The number of fused-ring (bicyclic) bond motifs is 1. The lowest BCUT2D eigenvalue weighted by Gasteiger charge is -2.20. The van der Waals surface area contributed by atoms with E-state index in [0.717, 1.165) is 27.8 Å². The number of rotatable bonds is 2. The largest absolute Gasteiger partial charge is 0.475 e. The number of hydrogen-bond acceptors (Lipinski definition) is 6. The summed E-state index contributed by atoms with van der Waals surface area (Å²) in [6, 6.07) is 11.6. The average Bonchev–Trinajstić information content (AvgIpc) is 2.69. The number of aromatic nitrogens is 3. The molecule has 1 aliphatic rings. The zero-order valence-electron chi connectivity index (χ0n) is 14.8. The molecule has 0 saturated heterocycles. The van der Waals surface area contributed by atoms with Gasteiger partial charge in [0.15, 0.2) is 11.5 Å². The second-order valence-electron chi connectivity index (χ2n) is 6.16. The van der Waals surface area contributed by atoms with Gasteiger partial charge < -0.3 is 10.5 Å². The molecule has 1 aliphatic heterocycles. The Bertz CT molecular complexity index is 1210. The highest BCUT2D eigenvalue weighted by Crippen LogP contribution is 2.33. The lowest BCUT2D eigenvalue weighted by molar-refractivity contribution is 0.157. The van der Waals surface area contributed by atoms with Crippen molar-refractivity contribution < 1.29 is 4.74 Å². The normalized spacial score (nSPS) is 15.7. The molecule has 1 atom stereocenters. The van der Waals surface area contributed by atoms with Crippen LogP contribution in [0.3, 0.4) is 0 Å². The van der Waals surface area contributed by atoms with Gasteiger partial charge in [0.25, 0.3) is 0 Å². The second-order valence-corrected chi connectivity index (χ2v) is 6.16. The van der Waals surface area contributed by atoms with Crippen LogP contribution in [0.4, 0.5) is 5.82 Å². The van der Waals surface area contributed by atoms with Gasteiger partial charge in [0.1, 0.15) is 17.5 Å². The van der Waals surface area contributed by atoms with E-state index in [1.54, 1.807) is 6.20 Å². The van der Waals surface area contributed by atoms with Gasteiger partial charge in [0.2, 0.25) is 6.10 Å². The van der Waals surface area contributed by atoms with Crippen molar-refractivity contribution in [1.29, 1.82) is 5.26 Å². The molecule has 0 spiro atoms. The SMILES string of the molecule is CC1=C(C)OC(c2nc(N)c(C#N)nc2-c2ccc3ncccc3c2)C#C1. The van der Waals surface area contributed by atoms with E-state index in [1.807, 2.05) is 50.2 Å². The topological polar surface area (TPSA) is 97.7 Å². The third-order valence-electron chi connectivity index (χ3n) is 4.39. The Hall–Kier alpha value is -3.90. The van der Waals surface area contributed by atoms with Gasteiger partial charge in [-0.05, 0) is 38.0 Å². The molecule has 0 bridgehead atoms. The summed E-state index contributed by atoms with van der Waals surface area (Å²) < 4.78 is 5.92. The predicted molar refractivity (Wildman–Crippen MR) is 102 cm³/mol. The van der Waals surface area contributed by atoms with Gasteiger partial charge in [-0.2, -0.15) is 5.26 Å². The summed E-state index contributed by atoms with van der Waals surface area (Å²) in [7, 11) is 0.